The van der Waals surface area contributed by atoms with Crippen molar-refractivity contribution in [2.75, 3.05) is 19.4 Å². The molecule has 2 heterocycles. The Kier molecular flexibility index (Phi) is 5.80. The summed E-state index contributed by atoms with van der Waals surface area (Å²) in [6.45, 7) is 2.66. The average molecular weight is 417 g/mol. The number of rotatable bonds is 6. The van der Waals surface area contributed by atoms with Crippen molar-refractivity contribution in [1.82, 2.24) is 4.57 Å². The smallest absolute Gasteiger partial charge is 0.193 e. The van der Waals surface area contributed by atoms with Gasteiger partial charge in [0.15, 0.2) is 5.43 Å². The van der Waals surface area contributed by atoms with Crippen molar-refractivity contribution < 1.29 is 4.74 Å². The summed E-state index contributed by atoms with van der Waals surface area (Å²) in [5.41, 5.74) is 11.4. The second-order valence-corrected chi connectivity index (χ2v) is 7.75. The molecule has 4 rings (SSSR count). The maximum Gasteiger partial charge on any atom is 0.193 e. The van der Waals surface area contributed by atoms with Crippen LogP contribution in [0.25, 0.3) is 11.3 Å². The zero-order valence-electron chi connectivity index (χ0n) is 18.2. The molecule has 1 unspecified atom stereocenters. The Morgan fingerprint density at radius 1 is 1.26 bits per heavy atom. The average Bonchev–Trinajstić information content (AvgIpc) is 2.81. The molecule has 3 aromatic rings. The topological polar surface area (TPSA) is 81.6 Å². The molecule has 3 N–H and O–H groups in total. The predicted octanol–water partition coefficient (Wildman–Crippen LogP) is 3.98. The minimum atomic E-state index is -0.118. The monoisotopic (exact) mass is 416 g/mol. The van der Waals surface area contributed by atoms with Gasteiger partial charge in [-0.3, -0.25) is 9.79 Å². The van der Waals surface area contributed by atoms with Gasteiger partial charge in [0.1, 0.15) is 18.2 Å². The highest BCUT2D eigenvalue weighted by Gasteiger charge is 2.26. The number of amidine groups is 1. The van der Waals surface area contributed by atoms with Crippen molar-refractivity contribution in [3.8, 4) is 17.0 Å². The molecule has 1 aliphatic rings. The molecule has 31 heavy (non-hydrogen) atoms. The van der Waals surface area contributed by atoms with Gasteiger partial charge in [0.2, 0.25) is 0 Å². The van der Waals surface area contributed by atoms with Crippen molar-refractivity contribution in [3.05, 3.63) is 81.6 Å². The van der Waals surface area contributed by atoms with Crippen molar-refractivity contribution in [3.63, 3.8) is 0 Å². The third-order valence-electron chi connectivity index (χ3n) is 5.90. The molecule has 0 aliphatic carbocycles. The summed E-state index contributed by atoms with van der Waals surface area (Å²) in [6.07, 6.45) is 3.65. The molecule has 6 nitrogen and oxygen atoms in total. The fraction of sp³-hybridized carbons (Fsp3) is 0.280. The minimum Gasteiger partial charge on any atom is -0.487 e. The van der Waals surface area contributed by atoms with Crippen molar-refractivity contribution in [1.29, 1.82) is 0 Å². The van der Waals surface area contributed by atoms with Crippen molar-refractivity contribution >= 4 is 11.5 Å². The van der Waals surface area contributed by atoms with Crippen LogP contribution in [0.15, 0.2) is 64.5 Å². The van der Waals surface area contributed by atoms with Gasteiger partial charge in [0, 0.05) is 38.0 Å². The van der Waals surface area contributed by atoms with E-state index in [9.17, 15) is 4.79 Å². The summed E-state index contributed by atoms with van der Waals surface area (Å²) in [5.74, 6) is 1.08. The highest BCUT2D eigenvalue weighted by molar-refractivity contribution is 5.97. The summed E-state index contributed by atoms with van der Waals surface area (Å²) in [5, 5.41) is 3.24. The van der Waals surface area contributed by atoms with Gasteiger partial charge < -0.3 is 20.4 Å². The first-order valence-corrected chi connectivity index (χ1v) is 10.6. The normalized spacial score (nSPS) is 15.2. The van der Waals surface area contributed by atoms with Crippen LogP contribution in [0, 0.1) is 0 Å². The predicted molar refractivity (Wildman–Crippen MR) is 126 cm³/mol. The maximum atomic E-state index is 12.8. The van der Waals surface area contributed by atoms with Gasteiger partial charge in [-0.05, 0) is 36.1 Å². The van der Waals surface area contributed by atoms with E-state index in [0.29, 0.717) is 12.2 Å². The first kappa shape index (κ1) is 20.7. The summed E-state index contributed by atoms with van der Waals surface area (Å²) in [6, 6.07) is 16.2. The Morgan fingerprint density at radius 2 is 2.03 bits per heavy atom. The second-order valence-electron chi connectivity index (χ2n) is 7.75. The summed E-state index contributed by atoms with van der Waals surface area (Å²) in [7, 11) is 3.48. The van der Waals surface area contributed by atoms with Crippen LogP contribution in [-0.4, -0.2) is 24.5 Å². The molecule has 1 aromatic heterocycles. The SMILES string of the molecule is CCC1Cc2cc(OCc3ccccc3)c(NC)cc2-c2cc(=O)c(C(N)=NC)cn21. The first-order valence-electron chi connectivity index (χ1n) is 10.6. The Morgan fingerprint density at radius 3 is 2.71 bits per heavy atom. The highest BCUT2D eigenvalue weighted by Crippen LogP contribution is 2.40. The molecular weight excluding hydrogens is 388 g/mol. The van der Waals surface area contributed by atoms with Gasteiger partial charge in [0.05, 0.1) is 16.9 Å². The van der Waals surface area contributed by atoms with E-state index in [1.54, 1.807) is 13.1 Å². The van der Waals surface area contributed by atoms with E-state index in [4.69, 9.17) is 10.5 Å². The van der Waals surface area contributed by atoms with Crippen molar-refractivity contribution in [2.24, 2.45) is 10.7 Å². The van der Waals surface area contributed by atoms with Crippen LogP contribution in [0.1, 0.15) is 36.1 Å². The van der Waals surface area contributed by atoms with E-state index in [2.05, 4.69) is 46.1 Å². The standard InChI is InChI=1S/C25H28N4O2/c1-4-18-10-17-11-24(31-15-16-8-6-5-7-9-16)21(27-2)12-19(17)22-13-23(30)20(14-29(18)22)25(26)28-3/h5-9,11-14,18,27H,4,10,15H2,1-3H3,(H2,26,28). The van der Waals surface area contributed by atoms with Crippen LogP contribution < -0.4 is 21.2 Å². The van der Waals surface area contributed by atoms with Crippen LogP contribution in [0.2, 0.25) is 0 Å². The molecule has 1 aliphatic heterocycles. The number of nitrogens with one attached hydrogen (secondary N) is 1. The molecular formula is C25H28N4O2. The molecule has 6 heteroatoms. The largest absolute Gasteiger partial charge is 0.487 e. The quantitative estimate of drug-likeness (QED) is 0.470. The van der Waals surface area contributed by atoms with Crippen LogP contribution in [-0.2, 0) is 13.0 Å². The van der Waals surface area contributed by atoms with Gasteiger partial charge in [0.25, 0.3) is 0 Å². The number of nitrogens with zero attached hydrogens (tertiary/aromatic N) is 2. The molecule has 0 saturated carbocycles. The molecule has 0 radical (unpaired) electrons. The number of hydrogen-bond donors (Lipinski definition) is 2. The van der Waals surface area contributed by atoms with Gasteiger partial charge in [-0.25, -0.2) is 0 Å². The summed E-state index contributed by atoms with van der Waals surface area (Å²) < 4.78 is 8.33. The number of nitrogens with two attached hydrogens (primary N) is 1. The number of hydrogen-bond acceptors (Lipinski definition) is 4. The molecule has 0 amide bonds. The number of aromatic nitrogens is 1. The third-order valence-corrected chi connectivity index (χ3v) is 5.90. The van der Waals surface area contributed by atoms with Gasteiger partial charge >= 0.3 is 0 Å². The van der Waals surface area contributed by atoms with Gasteiger partial charge in [-0.1, -0.05) is 37.3 Å². The Balaban J connectivity index is 1.78. The summed E-state index contributed by atoms with van der Waals surface area (Å²) >= 11 is 0. The number of ether oxygens (including phenoxy) is 1. The van der Waals surface area contributed by atoms with E-state index in [1.807, 2.05) is 31.4 Å². The maximum absolute atomic E-state index is 12.8. The molecule has 0 spiro atoms. The third kappa shape index (κ3) is 3.93. The van der Waals surface area contributed by atoms with Crippen LogP contribution in [0.5, 0.6) is 5.75 Å². The fourth-order valence-electron chi connectivity index (χ4n) is 4.15. The van der Waals surface area contributed by atoms with Crippen molar-refractivity contribution in [2.45, 2.75) is 32.4 Å². The van der Waals surface area contributed by atoms with Gasteiger partial charge in [-0.15, -0.1) is 0 Å². The van der Waals surface area contributed by atoms with Crippen LogP contribution >= 0.6 is 0 Å². The fourth-order valence-corrected chi connectivity index (χ4v) is 4.15. The second kappa shape index (κ2) is 8.68. The molecule has 1 atom stereocenters. The van der Waals surface area contributed by atoms with Gasteiger partial charge in [-0.2, -0.15) is 0 Å². The van der Waals surface area contributed by atoms with E-state index >= 15 is 0 Å². The lowest BCUT2D eigenvalue weighted by Crippen LogP contribution is -2.28. The number of pyridine rings is 1. The lowest BCUT2D eigenvalue weighted by Gasteiger charge is -2.31. The Labute approximate surface area is 182 Å². The first-order chi connectivity index (χ1) is 15.0. The number of benzene rings is 2. The number of fused-ring (bicyclic) bond motifs is 3. The lowest BCUT2D eigenvalue weighted by molar-refractivity contribution is 0.307. The van der Waals surface area contributed by atoms with E-state index in [0.717, 1.165) is 41.1 Å². The molecule has 0 saturated heterocycles. The molecule has 160 valence electrons. The molecule has 0 fully saturated rings. The number of aliphatic imine (C=N–C) groups is 1. The highest BCUT2D eigenvalue weighted by atomic mass is 16.5. The molecule has 0 bridgehead atoms. The van der Waals surface area contributed by atoms with Crippen LogP contribution in [0.4, 0.5) is 5.69 Å². The molecule has 2 aromatic carbocycles. The summed E-state index contributed by atoms with van der Waals surface area (Å²) in [4.78, 5) is 16.8. The Hall–Kier alpha value is -3.54. The zero-order chi connectivity index (χ0) is 22.0. The van der Waals surface area contributed by atoms with E-state index in [-0.39, 0.29) is 17.3 Å². The zero-order valence-corrected chi connectivity index (χ0v) is 18.2. The number of anilines is 1. The Bertz CT molecular complexity index is 1180. The van der Waals surface area contributed by atoms with E-state index < -0.39 is 0 Å². The van der Waals surface area contributed by atoms with Crippen LogP contribution in [0.3, 0.4) is 0 Å². The van der Waals surface area contributed by atoms with E-state index in [1.165, 1.54) is 5.56 Å². The minimum absolute atomic E-state index is 0.118. The lowest BCUT2D eigenvalue weighted by atomic mass is 9.90.